The minimum atomic E-state index is 0.199. The molecule has 0 bridgehead atoms. The standard InChI is InChI=1S/C17H14N4/c1-2-21-17(18)19-15-13-9-5-3-7-11(13)12-8-4-6-10-14(12)16(15)20-21/h3-10,18H,2H2,1H3. The summed E-state index contributed by atoms with van der Waals surface area (Å²) in [5, 5.41) is 17.1. The van der Waals surface area contributed by atoms with Gasteiger partial charge in [0.05, 0.1) is 0 Å². The Morgan fingerprint density at radius 2 is 1.38 bits per heavy atom. The zero-order valence-corrected chi connectivity index (χ0v) is 11.7. The van der Waals surface area contributed by atoms with Crippen LogP contribution in [-0.2, 0) is 6.54 Å². The van der Waals surface area contributed by atoms with Crippen LogP contribution in [0.4, 0.5) is 0 Å². The summed E-state index contributed by atoms with van der Waals surface area (Å²) in [5.74, 6) is 0. The third kappa shape index (κ3) is 1.65. The SMILES string of the molecule is CCn1nc2c3ccccc3c3ccccc3c2nc1=N. The normalized spacial score (nSPS) is 11.5. The average molecular weight is 274 g/mol. The number of aromatic nitrogens is 3. The number of benzene rings is 3. The van der Waals surface area contributed by atoms with Crippen LogP contribution >= 0.6 is 0 Å². The van der Waals surface area contributed by atoms with Crippen molar-refractivity contribution in [3.63, 3.8) is 0 Å². The first kappa shape index (κ1) is 12.0. The van der Waals surface area contributed by atoms with Crippen LogP contribution in [0.2, 0.25) is 0 Å². The van der Waals surface area contributed by atoms with Gasteiger partial charge in [-0.3, -0.25) is 5.41 Å². The first-order valence-corrected chi connectivity index (χ1v) is 7.02. The van der Waals surface area contributed by atoms with Gasteiger partial charge in [0.15, 0.2) is 0 Å². The number of nitrogens with one attached hydrogen (secondary N) is 1. The molecule has 1 heterocycles. The fourth-order valence-corrected chi connectivity index (χ4v) is 2.87. The largest absolute Gasteiger partial charge is 0.266 e. The Bertz CT molecular complexity index is 1050. The van der Waals surface area contributed by atoms with Gasteiger partial charge in [-0.25, -0.2) is 9.67 Å². The minimum Gasteiger partial charge on any atom is -0.266 e. The van der Waals surface area contributed by atoms with Gasteiger partial charge in [0.1, 0.15) is 11.0 Å². The summed E-state index contributed by atoms with van der Waals surface area (Å²) in [5.41, 5.74) is 1.87. The lowest BCUT2D eigenvalue weighted by atomic mass is 10.00. The Morgan fingerprint density at radius 1 is 0.857 bits per heavy atom. The van der Waals surface area contributed by atoms with Crippen molar-refractivity contribution in [1.29, 1.82) is 5.41 Å². The molecule has 0 saturated carbocycles. The van der Waals surface area contributed by atoms with Crippen LogP contribution in [0.1, 0.15) is 6.92 Å². The van der Waals surface area contributed by atoms with Gasteiger partial charge in [0.2, 0.25) is 5.62 Å². The van der Waals surface area contributed by atoms with Gasteiger partial charge in [-0.05, 0) is 17.7 Å². The topological polar surface area (TPSA) is 54.6 Å². The van der Waals surface area contributed by atoms with Crippen molar-refractivity contribution in [3.8, 4) is 0 Å². The van der Waals surface area contributed by atoms with Gasteiger partial charge in [-0.1, -0.05) is 48.5 Å². The summed E-state index contributed by atoms with van der Waals surface area (Å²) >= 11 is 0. The second kappa shape index (κ2) is 4.38. The monoisotopic (exact) mass is 274 g/mol. The molecule has 0 fully saturated rings. The lowest BCUT2D eigenvalue weighted by Crippen LogP contribution is -2.25. The van der Waals surface area contributed by atoms with E-state index in [0.29, 0.717) is 6.54 Å². The van der Waals surface area contributed by atoms with Gasteiger partial charge in [-0.15, -0.1) is 0 Å². The van der Waals surface area contributed by atoms with Crippen LogP contribution < -0.4 is 5.62 Å². The quantitative estimate of drug-likeness (QED) is 0.542. The second-order valence-electron chi connectivity index (χ2n) is 5.04. The molecule has 0 spiro atoms. The molecule has 4 aromatic rings. The van der Waals surface area contributed by atoms with Gasteiger partial charge >= 0.3 is 0 Å². The van der Waals surface area contributed by atoms with Crippen LogP contribution in [0.3, 0.4) is 0 Å². The van der Waals surface area contributed by atoms with E-state index in [-0.39, 0.29) is 5.62 Å². The van der Waals surface area contributed by atoms with Gasteiger partial charge in [0, 0.05) is 17.3 Å². The maximum absolute atomic E-state index is 8.03. The van der Waals surface area contributed by atoms with Gasteiger partial charge < -0.3 is 0 Å². The van der Waals surface area contributed by atoms with E-state index in [0.717, 1.165) is 27.2 Å². The Balaban J connectivity index is 2.39. The molecule has 0 saturated heterocycles. The smallest absolute Gasteiger partial charge is 0.239 e. The number of aryl methyl sites for hydroxylation is 1. The highest BCUT2D eigenvalue weighted by atomic mass is 15.3. The van der Waals surface area contributed by atoms with Gasteiger partial charge in [-0.2, -0.15) is 5.10 Å². The molecule has 3 aromatic carbocycles. The van der Waals surface area contributed by atoms with Crippen molar-refractivity contribution in [2.45, 2.75) is 13.5 Å². The van der Waals surface area contributed by atoms with Crippen molar-refractivity contribution in [2.24, 2.45) is 0 Å². The lowest BCUT2D eigenvalue weighted by molar-refractivity contribution is 0.588. The molecule has 0 amide bonds. The molecule has 0 aliphatic rings. The predicted octanol–water partition coefficient (Wildman–Crippen LogP) is 3.24. The van der Waals surface area contributed by atoms with E-state index in [2.05, 4.69) is 34.3 Å². The first-order chi connectivity index (χ1) is 10.3. The van der Waals surface area contributed by atoms with E-state index in [1.165, 1.54) is 5.39 Å². The van der Waals surface area contributed by atoms with Gasteiger partial charge in [0.25, 0.3) is 0 Å². The Labute approximate surface area is 121 Å². The number of fused-ring (bicyclic) bond motifs is 6. The van der Waals surface area contributed by atoms with Crippen molar-refractivity contribution >= 4 is 32.6 Å². The van der Waals surface area contributed by atoms with E-state index in [1.807, 2.05) is 31.2 Å². The highest BCUT2D eigenvalue weighted by Crippen LogP contribution is 2.31. The first-order valence-electron chi connectivity index (χ1n) is 7.02. The van der Waals surface area contributed by atoms with E-state index in [4.69, 9.17) is 5.41 Å². The Morgan fingerprint density at radius 3 is 1.95 bits per heavy atom. The second-order valence-corrected chi connectivity index (χ2v) is 5.04. The molecule has 4 nitrogen and oxygen atoms in total. The highest BCUT2D eigenvalue weighted by Gasteiger charge is 2.11. The Kier molecular flexibility index (Phi) is 2.51. The fourth-order valence-electron chi connectivity index (χ4n) is 2.87. The maximum Gasteiger partial charge on any atom is 0.239 e. The van der Waals surface area contributed by atoms with Crippen molar-refractivity contribution < 1.29 is 0 Å². The van der Waals surface area contributed by atoms with E-state index >= 15 is 0 Å². The third-order valence-corrected chi connectivity index (χ3v) is 3.86. The molecule has 0 atom stereocenters. The van der Waals surface area contributed by atoms with Crippen LogP contribution in [0.25, 0.3) is 32.6 Å². The number of nitrogens with zero attached hydrogens (tertiary/aromatic N) is 3. The van der Waals surface area contributed by atoms with Crippen molar-refractivity contribution in [2.75, 3.05) is 0 Å². The average Bonchev–Trinajstić information content (AvgIpc) is 2.54. The van der Waals surface area contributed by atoms with E-state index in [1.54, 1.807) is 4.68 Å². The molecular weight excluding hydrogens is 260 g/mol. The molecule has 21 heavy (non-hydrogen) atoms. The summed E-state index contributed by atoms with van der Waals surface area (Å²) in [6, 6.07) is 16.4. The van der Waals surface area contributed by atoms with Crippen molar-refractivity contribution in [1.82, 2.24) is 14.8 Å². The fraction of sp³-hybridized carbons (Fsp3) is 0.118. The van der Waals surface area contributed by atoms with Crippen LogP contribution in [0, 0.1) is 5.41 Å². The minimum absolute atomic E-state index is 0.199. The zero-order valence-electron chi connectivity index (χ0n) is 11.7. The molecule has 4 rings (SSSR count). The highest BCUT2D eigenvalue weighted by molar-refractivity contribution is 6.22. The number of hydrogen-bond donors (Lipinski definition) is 1. The summed E-state index contributed by atoms with van der Waals surface area (Å²) in [7, 11) is 0. The van der Waals surface area contributed by atoms with Crippen molar-refractivity contribution in [3.05, 3.63) is 54.1 Å². The predicted molar refractivity (Wildman–Crippen MR) is 84.1 cm³/mol. The molecule has 102 valence electrons. The summed E-state index contributed by atoms with van der Waals surface area (Å²) < 4.78 is 1.63. The summed E-state index contributed by atoms with van der Waals surface area (Å²) in [4.78, 5) is 4.49. The molecule has 0 aliphatic carbocycles. The third-order valence-electron chi connectivity index (χ3n) is 3.86. The summed E-state index contributed by atoms with van der Waals surface area (Å²) in [6.07, 6.45) is 0. The zero-order chi connectivity index (χ0) is 14.4. The van der Waals surface area contributed by atoms with Crippen LogP contribution in [0.15, 0.2) is 48.5 Å². The number of hydrogen-bond acceptors (Lipinski definition) is 3. The molecule has 0 unspecified atom stereocenters. The van der Waals surface area contributed by atoms with E-state index < -0.39 is 0 Å². The Hall–Kier alpha value is -2.75. The molecule has 1 N–H and O–H groups in total. The lowest BCUT2D eigenvalue weighted by Gasteiger charge is -2.10. The summed E-state index contributed by atoms with van der Waals surface area (Å²) in [6.45, 7) is 2.62. The molecular formula is C17H14N4. The molecule has 1 aromatic heterocycles. The van der Waals surface area contributed by atoms with E-state index in [9.17, 15) is 0 Å². The molecule has 0 aliphatic heterocycles. The van der Waals surface area contributed by atoms with Crippen LogP contribution in [0.5, 0.6) is 0 Å². The molecule has 4 heteroatoms. The molecule has 0 radical (unpaired) electrons. The number of rotatable bonds is 1. The van der Waals surface area contributed by atoms with Crippen LogP contribution in [-0.4, -0.2) is 14.8 Å². The maximum atomic E-state index is 8.03.